The SMILES string of the molecule is COc1ccc2ncc(CN)c(C(F)CCC3(C(=O)O)CCN(CC#Cc4cc(F)c(F)c(F)c4)CC3)c2c1. The molecule has 10 heteroatoms. The van der Waals surface area contributed by atoms with E-state index in [0.717, 1.165) is 12.1 Å². The maximum atomic E-state index is 15.8. The molecule has 1 aliphatic rings. The first-order valence-electron chi connectivity index (χ1n) is 12.6. The fourth-order valence-electron chi connectivity index (χ4n) is 5.03. The number of nitrogens with two attached hydrogens (primary N) is 1. The Morgan fingerprint density at radius 2 is 1.90 bits per heavy atom. The number of hydrogen-bond acceptors (Lipinski definition) is 5. The third kappa shape index (κ3) is 6.15. The average molecular weight is 544 g/mol. The standard InChI is InChI=1S/C29H29F4N3O3/c1-39-20-4-5-25-21(15-20)26(19(16-34)17-35-25)22(30)6-7-29(28(37)38)8-11-36(12-9-29)10-2-3-18-13-23(31)27(33)24(32)14-18/h4-5,13-15,17,22H,6-12,16,34H2,1H3,(H,37,38). The molecule has 1 saturated heterocycles. The number of halogens is 4. The van der Waals surface area contributed by atoms with Gasteiger partial charge in [-0.3, -0.25) is 14.7 Å². The Morgan fingerprint density at radius 3 is 2.51 bits per heavy atom. The molecule has 1 unspecified atom stereocenters. The Morgan fingerprint density at radius 1 is 1.21 bits per heavy atom. The minimum absolute atomic E-state index is 0.00285. The number of hydrogen-bond donors (Lipinski definition) is 2. The van der Waals surface area contributed by atoms with E-state index >= 15 is 4.39 Å². The van der Waals surface area contributed by atoms with Gasteiger partial charge in [-0.25, -0.2) is 17.6 Å². The summed E-state index contributed by atoms with van der Waals surface area (Å²) in [6.07, 6.45) is 0.832. The summed E-state index contributed by atoms with van der Waals surface area (Å²) in [6, 6.07) is 6.84. The highest BCUT2D eigenvalue weighted by Crippen LogP contribution is 2.41. The molecule has 4 rings (SSSR count). The number of nitrogens with zero attached hydrogens (tertiary/aromatic N) is 2. The molecule has 0 saturated carbocycles. The van der Waals surface area contributed by atoms with Crippen LogP contribution in [0.15, 0.2) is 36.5 Å². The number of aliphatic carboxylic acids is 1. The number of methoxy groups -OCH3 is 1. The summed E-state index contributed by atoms with van der Waals surface area (Å²) in [5.74, 6) is 0.812. The first-order chi connectivity index (χ1) is 18.7. The van der Waals surface area contributed by atoms with E-state index < -0.39 is 35.0 Å². The van der Waals surface area contributed by atoms with Crippen LogP contribution < -0.4 is 10.5 Å². The maximum absolute atomic E-state index is 15.8. The second-order valence-electron chi connectivity index (χ2n) is 9.71. The van der Waals surface area contributed by atoms with Crippen molar-refractivity contribution in [2.75, 3.05) is 26.7 Å². The molecular weight excluding hydrogens is 514 g/mol. The summed E-state index contributed by atoms with van der Waals surface area (Å²) < 4.78 is 61.0. The van der Waals surface area contributed by atoms with E-state index in [9.17, 15) is 23.1 Å². The van der Waals surface area contributed by atoms with Gasteiger partial charge in [-0.1, -0.05) is 11.8 Å². The van der Waals surface area contributed by atoms with Crippen LogP contribution in [0.2, 0.25) is 0 Å². The number of pyridine rings is 1. The van der Waals surface area contributed by atoms with Crippen molar-refractivity contribution < 1.29 is 32.2 Å². The lowest BCUT2D eigenvalue weighted by Crippen LogP contribution is -2.44. The summed E-state index contributed by atoms with van der Waals surface area (Å²) in [5.41, 5.74) is 6.35. The lowest BCUT2D eigenvalue weighted by molar-refractivity contribution is -0.152. The molecular formula is C29H29F4N3O3. The lowest BCUT2D eigenvalue weighted by atomic mass is 9.74. The van der Waals surface area contributed by atoms with Crippen LogP contribution in [0.25, 0.3) is 10.9 Å². The molecule has 1 aliphatic heterocycles. The average Bonchev–Trinajstić information content (AvgIpc) is 2.94. The summed E-state index contributed by atoms with van der Waals surface area (Å²) in [6.45, 7) is 1.15. The van der Waals surface area contributed by atoms with Gasteiger partial charge in [0, 0.05) is 42.3 Å². The minimum Gasteiger partial charge on any atom is -0.497 e. The van der Waals surface area contributed by atoms with Gasteiger partial charge in [0.25, 0.3) is 0 Å². The van der Waals surface area contributed by atoms with E-state index in [1.54, 1.807) is 24.4 Å². The zero-order chi connectivity index (χ0) is 28.2. The van der Waals surface area contributed by atoms with Crippen LogP contribution in [0.5, 0.6) is 5.75 Å². The van der Waals surface area contributed by atoms with Crippen molar-refractivity contribution in [1.29, 1.82) is 0 Å². The summed E-state index contributed by atoms with van der Waals surface area (Å²) >= 11 is 0. The Bertz CT molecular complexity index is 1400. The fraction of sp³-hybridized carbons (Fsp3) is 0.379. The second kappa shape index (κ2) is 12.0. The number of fused-ring (bicyclic) bond motifs is 1. The molecule has 1 fully saturated rings. The molecule has 6 nitrogen and oxygen atoms in total. The summed E-state index contributed by atoms with van der Waals surface area (Å²) in [7, 11) is 1.52. The van der Waals surface area contributed by atoms with E-state index in [1.165, 1.54) is 7.11 Å². The Hall–Kier alpha value is -3.68. The molecule has 3 N–H and O–H groups in total. The molecule has 0 amide bonds. The monoisotopic (exact) mass is 543 g/mol. The number of carboxylic acids is 1. The van der Waals surface area contributed by atoms with E-state index in [0.29, 0.717) is 53.7 Å². The van der Waals surface area contributed by atoms with Crippen molar-refractivity contribution in [3.8, 4) is 17.6 Å². The van der Waals surface area contributed by atoms with Crippen LogP contribution in [0.4, 0.5) is 17.6 Å². The van der Waals surface area contributed by atoms with E-state index in [2.05, 4.69) is 16.8 Å². The van der Waals surface area contributed by atoms with E-state index in [4.69, 9.17) is 10.5 Å². The van der Waals surface area contributed by atoms with Gasteiger partial charge in [0.2, 0.25) is 0 Å². The molecule has 39 heavy (non-hydrogen) atoms. The molecule has 2 heterocycles. The smallest absolute Gasteiger partial charge is 0.309 e. The largest absolute Gasteiger partial charge is 0.497 e. The molecule has 0 radical (unpaired) electrons. The quantitative estimate of drug-likeness (QED) is 0.233. The molecule has 206 valence electrons. The number of piperidine rings is 1. The number of alkyl halides is 1. The maximum Gasteiger partial charge on any atom is 0.309 e. The molecule has 2 aromatic carbocycles. The first kappa shape index (κ1) is 28.3. The second-order valence-corrected chi connectivity index (χ2v) is 9.71. The van der Waals surface area contributed by atoms with Gasteiger partial charge >= 0.3 is 5.97 Å². The van der Waals surface area contributed by atoms with Crippen LogP contribution >= 0.6 is 0 Å². The van der Waals surface area contributed by atoms with Gasteiger partial charge in [0.05, 0.1) is 24.6 Å². The van der Waals surface area contributed by atoms with Crippen LogP contribution in [0.1, 0.15) is 48.5 Å². The molecule has 3 aromatic rings. The van der Waals surface area contributed by atoms with Crippen LogP contribution in [-0.4, -0.2) is 47.7 Å². The van der Waals surface area contributed by atoms with Crippen LogP contribution in [0, 0.1) is 34.7 Å². The number of aromatic nitrogens is 1. The van der Waals surface area contributed by atoms with Gasteiger partial charge in [0.1, 0.15) is 11.9 Å². The molecule has 0 spiro atoms. The number of rotatable bonds is 8. The number of carboxylic acid groups (broad SMARTS) is 1. The van der Waals surface area contributed by atoms with Gasteiger partial charge < -0.3 is 15.6 Å². The lowest BCUT2D eigenvalue weighted by Gasteiger charge is -2.38. The van der Waals surface area contributed by atoms with Crippen molar-refractivity contribution in [2.24, 2.45) is 11.1 Å². The Labute approximate surface area is 223 Å². The van der Waals surface area contributed by atoms with Crippen molar-refractivity contribution in [3.63, 3.8) is 0 Å². The third-order valence-corrected chi connectivity index (χ3v) is 7.39. The van der Waals surface area contributed by atoms with Gasteiger partial charge in [-0.05, 0) is 61.6 Å². The zero-order valence-corrected chi connectivity index (χ0v) is 21.4. The van der Waals surface area contributed by atoms with Crippen molar-refractivity contribution in [2.45, 2.75) is 38.4 Å². The summed E-state index contributed by atoms with van der Waals surface area (Å²) in [4.78, 5) is 18.6. The van der Waals surface area contributed by atoms with Crippen molar-refractivity contribution in [1.82, 2.24) is 9.88 Å². The van der Waals surface area contributed by atoms with Gasteiger partial charge in [-0.2, -0.15) is 0 Å². The minimum atomic E-state index is -1.55. The predicted molar refractivity (Wildman–Crippen MR) is 138 cm³/mol. The highest BCUT2D eigenvalue weighted by molar-refractivity contribution is 5.85. The van der Waals surface area contributed by atoms with E-state index in [-0.39, 0.29) is 31.5 Å². The molecule has 0 bridgehead atoms. The first-order valence-corrected chi connectivity index (χ1v) is 12.6. The predicted octanol–water partition coefficient (Wildman–Crippen LogP) is 5.13. The molecule has 1 atom stereocenters. The number of ether oxygens (including phenoxy) is 1. The zero-order valence-electron chi connectivity index (χ0n) is 21.4. The summed E-state index contributed by atoms with van der Waals surface area (Å²) in [5, 5.41) is 10.7. The highest BCUT2D eigenvalue weighted by Gasteiger charge is 2.41. The number of benzene rings is 2. The van der Waals surface area contributed by atoms with E-state index in [1.807, 2.05) is 4.90 Å². The third-order valence-electron chi connectivity index (χ3n) is 7.39. The van der Waals surface area contributed by atoms with Crippen molar-refractivity contribution >= 4 is 16.9 Å². The Kier molecular flexibility index (Phi) is 8.73. The Balaban J connectivity index is 1.43. The van der Waals surface area contributed by atoms with Gasteiger partial charge in [-0.15, -0.1) is 0 Å². The highest BCUT2D eigenvalue weighted by atomic mass is 19.2. The van der Waals surface area contributed by atoms with Gasteiger partial charge in [0.15, 0.2) is 17.5 Å². The number of likely N-dealkylation sites (tertiary alicyclic amines) is 1. The topological polar surface area (TPSA) is 88.7 Å². The van der Waals surface area contributed by atoms with Crippen LogP contribution in [-0.2, 0) is 11.3 Å². The fourth-order valence-corrected chi connectivity index (χ4v) is 5.03. The molecule has 0 aliphatic carbocycles. The van der Waals surface area contributed by atoms with Crippen LogP contribution in [0.3, 0.4) is 0 Å². The van der Waals surface area contributed by atoms with Crippen molar-refractivity contribution in [3.05, 3.63) is 70.7 Å². The molecule has 1 aromatic heterocycles. The number of carbonyl (C=O) groups is 1. The normalized spacial score (nSPS) is 15.9.